The molecule has 0 aliphatic heterocycles. The minimum Gasteiger partial charge on any atom is -0.347 e. The van der Waals surface area contributed by atoms with Gasteiger partial charge in [-0.05, 0) is 29.7 Å². The molecule has 0 spiro atoms. The number of nitrogens with zero attached hydrogens (tertiary/aromatic N) is 3. The van der Waals surface area contributed by atoms with Crippen molar-refractivity contribution in [2.75, 3.05) is 0 Å². The van der Waals surface area contributed by atoms with Gasteiger partial charge in [-0.1, -0.05) is 30.3 Å². The second kappa shape index (κ2) is 5.15. The molecular weight excluding hydrogens is 274 g/mol. The molecule has 4 rings (SSSR count). The molecule has 2 aromatic heterocycles. The molecule has 0 radical (unpaired) electrons. The van der Waals surface area contributed by atoms with Crippen LogP contribution < -0.4 is 0 Å². The summed E-state index contributed by atoms with van der Waals surface area (Å²) in [6.45, 7) is 0.666. The highest BCUT2D eigenvalue weighted by Gasteiger charge is 2.10. The Morgan fingerprint density at radius 2 is 1.73 bits per heavy atom. The van der Waals surface area contributed by atoms with E-state index in [2.05, 4.69) is 27.8 Å². The van der Waals surface area contributed by atoms with Crippen LogP contribution in [0.25, 0.3) is 21.9 Å². The van der Waals surface area contributed by atoms with Gasteiger partial charge in [0.05, 0.1) is 11.0 Å². The summed E-state index contributed by atoms with van der Waals surface area (Å²) in [6.07, 6.45) is 4.09. The van der Waals surface area contributed by atoms with Gasteiger partial charge >= 0.3 is 0 Å². The molecule has 108 valence electrons. The van der Waals surface area contributed by atoms with Crippen LogP contribution >= 0.6 is 0 Å². The lowest BCUT2D eigenvalue weighted by atomic mass is 10.2. The number of hydrogen-bond donors (Lipinski definition) is 0. The summed E-state index contributed by atoms with van der Waals surface area (Å²) in [5, 5.41) is 1.20. The first-order chi connectivity index (χ1) is 10.8. The molecule has 2 aromatic carbocycles. The van der Waals surface area contributed by atoms with E-state index in [0.29, 0.717) is 13.0 Å². The zero-order valence-corrected chi connectivity index (χ0v) is 12.0. The average Bonchev–Trinajstić information content (AvgIpc) is 3.17. The van der Waals surface area contributed by atoms with Crippen molar-refractivity contribution in [1.29, 1.82) is 0 Å². The van der Waals surface area contributed by atoms with Crippen molar-refractivity contribution in [2.24, 2.45) is 0 Å². The lowest BCUT2D eigenvalue weighted by Gasteiger charge is -2.06. The van der Waals surface area contributed by atoms with E-state index in [9.17, 15) is 4.79 Å². The maximum atomic E-state index is 12.5. The largest absolute Gasteiger partial charge is 0.347 e. The molecule has 0 N–H and O–H groups in total. The van der Waals surface area contributed by atoms with Gasteiger partial charge in [-0.2, -0.15) is 0 Å². The molecule has 0 saturated carbocycles. The Bertz CT molecular complexity index is 964. The Hall–Kier alpha value is -2.88. The first kappa shape index (κ1) is 12.8. The monoisotopic (exact) mass is 289 g/mol. The molecule has 0 saturated heterocycles. The van der Waals surface area contributed by atoms with E-state index in [-0.39, 0.29) is 5.91 Å². The normalized spacial score (nSPS) is 11.3. The molecule has 22 heavy (non-hydrogen) atoms. The summed E-state index contributed by atoms with van der Waals surface area (Å²) in [5.74, 6) is 0.0616. The van der Waals surface area contributed by atoms with Crippen molar-refractivity contribution in [3.63, 3.8) is 0 Å². The fourth-order valence-corrected chi connectivity index (χ4v) is 2.83. The van der Waals surface area contributed by atoms with Crippen LogP contribution in [0.3, 0.4) is 0 Å². The minimum atomic E-state index is 0.0616. The van der Waals surface area contributed by atoms with Crippen LogP contribution in [0.1, 0.15) is 11.2 Å². The molecule has 4 heteroatoms. The van der Waals surface area contributed by atoms with Gasteiger partial charge in [-0.25, -0.2) is 4.98 Å². The Morgan fingerprint density at radius 1 is 0.955 bits per heavy atom. The third-order valence-corrected chi connectivity index (χ3v) is 3.97. The molecule has 0 aliphatic carbocycles. The molecule has 0 unspecified atom stereocenters. The molecule has 0 fully saturated rings. The zero-order chi connectivity index (χ0) is 14.9. The highest BCUT2D eigenvalue weighted by molar-refractivity contribution is 5.90. The lowest BCUT2D eigenvalue weighted by molar-refractivity contribution is 0.0902. The SMILES string of the molecule is O=C(CCn1ccc2ccccc21)n1cnc2ccccc21. The minimum absolute atomic E-state index is 0.0616. The van der Waals surface area contributed by atoms with Gasteiger partial charge in [0, 0.05) is 24.7 Å². The highest BCUT2D eigenvalue weighted by atomic mass is 16.2. The lowest BCUT2D eigenvalue weighted by Crippen LogP contribution is -2.12. The van der Waals surface area contributed by atoms with Gasteiger partial charge in [0.1, 0.15) is 6.33 Å². The Kier molecular flexibility index (Phi) is 3.00. The predicted molar refractivity (Wildman–Crippen MR) is 86.9 cm³/mol. The molecule has 0 amide bonds. The van der Waals surface area contributed by atoms with Gasteiger partial charge in [-0.15, -0.1) is 0 Å². The molecular formula is C18H15N3O. The summed E-state index contributed by atoms with van der Waals surface area (Å²) >= 11 is 0. The smallest absolute Gasteiger partial charge is 0.234 e. The van der Waals surface area contributed by atoms with Gasteiger partial charge in [0.25, 0.3) is 0 Å². The van der Waals surface area contributed by atoms with Crippen molar-refractivity contribution < 1.29 is 4.79 Å². The van der Waals surface area contributed by atoms with Crippen LogP contribution in [0.2, 0.25) is 0 Å². The van der Waals surface area contributed by atoms with Crippen molar-refractivity contribution >= 4 is 27.8 Å². The Balaban J connectivity index is 1.57. The Morgan fingerprint density at radius 3 is 2.64 bits per heavy atom. The topological polar surface area (TPSA) is 39.8 Å². The van der Waals surface area contributed by atoms with Crippen molar-refractivity contribution in [1.82, 2.24) is 14.1 Å². The number of aryl methyl sites for hydroxylation is 1. The number of carbonyl (C=O) groups excluding carboxylic acids is 1. The number of aromatic nitrogens is 3. The van der Waals surface area contributed by atoms with Crippen LogP contribution in [0.5, 0.6) is 0 Å². The summed E-state index contributed by atoms with van der Waals surface area (Å²) in [4.78, 5) is 16.7. The van der Waals surface area contributed by atoms with Crippen molar-refractivity contribution in [2.45, 2.75) is 13.0 Å². The standard InChI is InChI=1S/C18H15N3O/c22-18(21-13-19-15-6-2-4-8-17(15)21)10-12-20-11-9-14-5-1-3-7-16(14)20/h1-9,11,13H,10,12H2. The van der Waals surface area contributed by atoms with Gasteiger partial charge in [0.15, 0.2) is 0 Å². The van der Waals surface area contributed by atoms with Crippen molar-refractivity contribution in [3.05, 3.63) is 67.1 Å². The van der Waals surface area contributed by atoms with Crippen LogP contribution in [0.15, 0.2) is 67.1 Å². The molecule has 0 bridgehead atoms. The van der Waals surface area contributed by atoms with E-state index >= 15 is 0 Å². The third-order valence-electron chi connectivity index (χ3n) is 3.97. The number of carbonyl (C=O) groups is 1. The quantitative estimate of drug-likeness (QED) is 0.576. The van der Waals surface area contributed by atoms with E-state index in [4.69, 9.17) is 0 Å². The van der Waals surface area contributed by atoms with Crippen LogP contribution in [0, 0.1) is 0 Å². The van der Waals surface area contributed by atoms with E-state index in [1.54, 1.807) is 10.9 Å². The zero-order valence-electron chi connectivity index (χ0n) is 12.0. The number of benzene rings is 2. The molecule has 4 aromatic rings. The van der Waals surface area contributed by atoms with Crippen LogP contribution in [-0.4, -0.2) is 20.0 Å². The van der Waals surface area contributed by atoms with Gasteiger partial charge in [0.2, 0.25) is 5.91 Å². The van der Waals surface area contributed by atoms with Gasteiger partial charge in [-0.3, -0.25) is 9.36 Å². The molecule has 2 heterocycles. The third kappa shape index (κ3) is 2.09. The molecule has 0 aliphatic rings. The second-order valence-electron chi connectivity index (χ2n) is 5.31. The summed E-state index contributed by atoms with van der Waals surface area (Å²) < 4.78 is 3.76. The predicted octanol–water partition coefficient (Wildman–Crippen LogP) is 3.72. The van der Waals surface area contributed by atoms with Crippen LogP contribution in [-0.2, 0) is 6.54 Å². The molecule has 4 nitrogen and oxygen atoms in total. The number of fused-ring (bicyclic) bond motifs is 2. The van der Waals surface area contributed by atoms with Crippen LogP contribution in [0.4, 0.5) is 0 Å². The first-order valence-electron chi connectivity index (χ1n) is 7.32. The number of para-hydroxylation sites is 3. The summed E-state index contributed by atoms with van der Waals surface area (Å²) in [5.41, 5.74) is 2.87. The number of imidazole rings is 1. The number of hydrogen-bond acceptors (Lipinski definition) is 2. The summed E-state index contributed by atoms with van der Waals surface area (Å²) in [6, 6.07) is 18.0. The van der Waals surface area contributed by atoms with E-state index in [1.165, 1.54) is 5.39 Å². The fraction of sp³-hybridized carbons (Fsp3) is 0.111. The average molecular weight is 289 g/mol. The number of rotatable bonds is 3. The van der Waals surface area contributed by atoms with E-state index in [0.717, 1.165) is 16.6 Å². The maximum absolute atomic E-state index is 12.5. The van der Waals surface area contributed by atoms with Gasteiger partial charge < -0.3 is 4.57 Å². The fourth-order valence-electron chi connectivity index (χ4n) is 2.83. The first-order valence-corrected chi connectivity index (χ1v) is 7.32. The van der Waals surface area contributed by atoms with E-state index < -0.39 is 0 Å². The maximum Gasteiger partial charge on any atom is 0.234 e. The molecule has 0 atom stereocenters. The van der Waals surface area contributed by atoms with E-state index in [1.807, 2.05) is 42.6 Å². The Labute approximate surface area is 127 Å². The van der Waals surface area contributed by atoms with Crippen molar-refractivity contribution in [3.8, 4) is 0 Å². The highest BCUT2D eigenvalue weighted by Crippen LogP contribution is 2.16. The summed E-state index contributed by atoms with van der Waals surface area (Å²) in [7, 11) is 0. The second-order valence-corrected chi connectivity index (χ2v) is 5.31.